The Bertz CT molecular complexity index is 938. The zero-order chi connectivity index (χ0) is 18.7. The molecule has 0 aliphatic carbocycles. The zero-order valence-corrected chi connectivity index (χ0v) is 15.6. The number of ether oxygens (including phenoxy) is 2. The van der Waals surface area contributed by atoms with Gasteiger partial charge in [-0.2, -0.15) is 0 Å². The van der Waals surface area contributed by atoms with Gasteiger partial charge in [-0.05, 0) is 29.8 Å². The number of benzene rings is 1. The third kappa shape index (κ3) is 3.61. The Balaban J connectivity index is 1.78. The van der Waals surface area contributed by atoms with Crippen LogP contribution >= 0.6 is 22.9 Å². The maximum atomic E-state index is 12.6. The van der Waals surface area contributed by atoms with E-state index >= 15 is 0 Å². The van der Waals surface area contributed by atoms with Crippen molar-refractivity contribution in [2.45, 2.75) is 6.54 Å². The van der Waals surface area contributed by atoms with E-state index in [1.54, 1.807) is 38.5 Å². The van der Waals surface area contributed by atoms with Gasteiger partial charge in [0.15, 0.2) is 11.5 Å². The number of aromatic nitrogens is 1. The van der Waals surface area contributed by atoms with Crippen molar-refractivity contribution in [2.24, 2.45) is 0 Å². The van der Waals surface area contributed by atoms with E-state index < -0.39 is 5.91 Å². The molecule has 26 heavy (non-hydrogen) atoms. The van der Waals surface area contributed by atoms with Crippen LogP contribution in [-0.4, -0.2) is 25.3 Å². The first-order chi connectivity index (χ1) is 12.5. The lowest BCUT2D eigenvalue weighted by molar-refractivity contribution is 0.0952. The molecule has 0 atom stereocenters. The average Bonchev–Trinajstić information content (AvgIpc) is 3.24. The van der Waals surface area contributed by atoms with Crippen molar-refractivity contribution in [3.63, 3.8) is 0 Å². The molecule has 0 bridgehead atoms. The minimum atomic E-state index is -0.391. The summed E-state index contributed by atoms with van der Waals surface area (Å²) in [7, 11) is 3.11. The van der Waals surface area contributed by atoms with Gasteiger partial charge in [-0.3, -0.25) is 4.79 Å². The fourth-order valence-electron chi connectivity index (χ4n) is 2.39. The lowest BCUT2D eigenvalue weighted by atomic mass is 10.1. The maximum Gasteiger partial charge on any atom is 0.259 e. The zero-order valence-electron chi connectivity index (χ0n) is 14.0. The normalized spacial score (nSPS) is 10.6. The van der Waals surface area contributed by atoms with Crippen LogP contribution in [0, 0.1) is 0 Å². The number of rotatable bonds is 6. The van der Waals surface area contributed by atoms with Crippen LogP contribution in [-0.2, 0) is 6.54 Å². The molecule has 0 radical (unpaired) electrons. The third-order valence-corrected chi connectivity index (χ3v) is 4.89. The molecular formula is C17H16ClN3O4S. The molecule has 3 aromatic rings. The van der Waals surface area contributed by atoms with E-state index in [0.717, 1.165) is 5.56 Å². The summed E-state index contributed by atoms with van der Waals surface area (Å²) in [6.45, 7) is 0.272. The van der Waals surface area contributed by atoms with Crippen molar-refractivity contribution in [3.05, 3.63) is 45.8 Å². The fraction of sp³-hybridized carbons (Fsp3) is 0.176. The number of halogens is 1. The molecule has 0 aliphatic heterocycles. The lowest BCUT2D eigenvalue weighted by Crippen LogP contribution is -2.23. The molecule has 2 aromatic heterocycles. The molecule has 3 rings (SSSR count). The smallest absolute Gasteiger partial charge is 0.259 e. The van der Waals surface area contributed by atoms with Gasteiger partial charge in [0.1, 0.15) is 11.3 Å². The van der Waals surface area contributed by atoms with Crippen LogP contribution in [0.15, 0.2) is 34.9 Å². The molecule has 0 saturated heterocycles. The summed E-state index contributed by atoms with van der Waals surface area (Å²) in [5, 5.41) is 6.68. The van der Waals surface area contributed by atoms with E-state index in [9.17, 15) is 4.79 Å². The highest BCUT2D eigenvalue weighted by Crippen LogP contribution is 2.34. The molecule has 3 N–H and O–H groups in total. The van der Waals surface area contributed by atoms with E-state index in [1.165, 1.54) is 11.3 Å². The second-order valence-electron chi connectivity index (χ2n) is 5.25. The monoisotopic (exact) mass is 393 g/mol. The second-order valence-corrected chi connectivity index (χ2v) is 6.96. The number of anilines is 1. The second kappa shape index (κ2) is 7.67. The number of carbonyl (C=O) groups excluding carboxylic acids is 1. The standard InChI is InChI=1S/C17H16ClN3O4S/c1-23-10-4-3-9(7-11(10)24-2)8-20-17(22)14-15(21-25-16(14)19)12-5-6-13(18)26-12/h3-7H,8,19H2,1-2H3,(H,20,22). The molecular weight excluding hydrogens is 378 g/mol. The number of carbonyl (C=O) groups is 1. The highest BCUT2D eigenvalue weighted by molar-refractivity contribution is 7.19. The van der Waals surface area contributed by atoms with Crippen molar-refractivity contribution >= 4 is 34.7 Å². The number of nitrogen functional groups attached to an aromatic ring is 1. The van der Waals surface area contributed by atoms with Crippen molar-refractivity contribution in [1.29, 1.82) is 0 Å². The Hall–Kier alpha value is -2.71. The van der Waals surface area contributed by atoms with Crippen LogP contribution in [0.5, 0.6) is 11.5 Å². The first-order valence-electron chi connectivity index (χ1n) is 7.53. The van der Waals surface area contributed by atoms with Gasteiger partial charge in [0.2, 0.25) is 5.88 Å². The van der Waals surface area contributed by atoms with E-state index in [-0.39, 0.29) is 18.0 Å². The largest absolute Gasteiger partial charge is 0.493 e. The summed E-state index contributed by atoms with van der Waals surface area (Å²) >= 11 is 7.24. The molecule has 1 aromatic carbocycles. The van der Waals surface area contributed by atoms with Crippen LogP contribution in [0.25, 0.3) is 10.6 Å². The number of nitrogens with zero attached hydrogens (tertiary/aromatic N) is 1. The van der Waals surface area contributed by atoms with Crippen molar-refractivity contribution in [3.8, 4) is 22.1 Å². The number of thiophene rings is 1. The lowest BCUT2D eigenvalue weighted by Gasteiger charge is -2.10. The Labute approximate surface area is 158 Å². The predicted molar refractivity (Wildman–Crippen MR) is 100.0 cm³/mol. The van der Waals surface area contributed by atoms with Gasteiger partial charge in [-0.15, -0.1) is 11.3 Å². The molecule has 0 fully saturated rings. The molecule has 0 saturated carbocycles. The number of hydrogen-bond acceptors (Lipinski definition) is 7. The van der Waals surface area contributed by atoms with Crippen molar-refractivity contribution in [1.82, 2.24) is 10.5 Å². The average molecular weight is 394 g/mol. The number of hydrogen-bond donors (Lipinski definition) is 2. The number of methoxy groups -OCH3 is 2. The Morgan fingerprint density at radius 3 is 2.69 bits per heavy atom. The summed E-state index contributed by atoms with van der Waals surface area (Å²) in [5.74, 6) is 0.757. The van der Waals surface area contributed by atoms with Gasteiger partial charge < -0.3 is 25.0 Å². The van der Waals surface area contributed by atoms with Gasteiger partial charge in [-0.1, -0.05) is 22.8 Å². The van der Waals surface area contributed by atoms with E-state index in [4.69, 9.17) is 31.3 Å². The first-order valence-corrected chi connectivity index (χ1v) is 8.73. The highest BCUT2D eigenvalue weighted by Gasteiger charge is 2.23. The van der Waals surface area contributed by atoms with Crippen LogP contribution < -0.4 is 20.5 Å². The Morgan fingerprint density at radius 2 is 2.04 bits per heavy atom. The summed E-state index contributed by atoms with van der Waals surface area (Å²) in [6, 6.07) is 8.87. The summed E-state index contributed by atoms with van der Waals surface area (Å²) in [6.07, 6.45) is 0. The topological polar surface area (TPSA) is 99.6 Å². The van der Waals surface area contributed by atoms with Crippen LogP contribution in [0.1, 0.15) is 15.9 Å². The summed E-state index contributed by atoms with van der Waals surface area (Å²) < 4.78 is 16.0. The molecule has 0 spiro atoms. The first kappa shape index (κ1) is 18.1. The molecule has 2 heterocycles. The molecule has 1 amide bonds. The molecule has 0 unspecified atom stereocenters. The predicted octanol–water partition coefficient (Wildman–Crippen LogP) is 3.59. The summed E-state index contributed by atoms with van der Waals surface area (Å²) in [5.41, 5.74) is 7.17. The third-order valence-electron chi connectivity index (χ3n) is 3.65. The van der Waals surface area contributed by atoms with Gasteiger partial charge in [0.05, 0.1) is 23.4 Å². The van der Waals surface area contributed by atoms with Crippen LogP contribution in [0.2, 0.25) is 4.34 Å². The minimum absolute atomic E-state index is 0.0469. The van der Waals surface area contributed by atoms with Gasteiger partial charge >= 0.3 is 0 Å². The van der Waals surface area contributed by atoms with Gasteiger partial charge in [0, 0.05) is 6.54 Å². The Kier molecular flexibility index (Phi) is 5.34. The molecule has 136 valence electrons. The molecule has 9 heteroatoms. The number of amides is 1. The molecule has 7 nitrogen and oxygen atoms in total. The van der Waals surface area contributed by atoms with E-state index in [2.05, 4.69) is 10.5 Å². The maximum absolute atomic E-state index is 12.6. The van der Waals surface area contributed by atoms with E-state index in [1.807, 2.05) is 6.07 Å². The van der Waals surface area contributed by atoms with Crippen molar-refractivity contribution in [2.75, 3.05) is 20.0 Å². The van der Waals surface area contributed by atoms with E-state index in [0.29, 0.717) is 26.4 Å². The summed E-state index contributed by atoms with van der Waals surface area (Å²) in [4.78, 5) is 13.3. The number of nitrogens with one attached hydrogen (secondary N) is 1. The van der Waals surface area contributed by atoms with Crippen LogP contribution in [0.4, 0.5) is 5.88 Å². The Morgan fingerprint density at radius 1 is 1.27 bits per heavy atom. The van der Waals surface area contributed by atoms with Crippen molar-refractivity contribution < 1.29 is 18.8 Å². The minimum Gasteiger partial charge on any atom is -0.493 e. The SMILES string of the molecule is COc1ccc(CNC(=O)c2c(-c3ccc(Cl)s3)noc2N)cc1OC. The number of nitrogens with two attached hydrogens (primary N) is 1. The van der Waals surface area contributed by atoms with Gasteiger partial charge in [-0.25, -0.2) is 0 Å². The van der Waals surface area contributed by atoms with Crippen LogP contribution in [0.3, 0.4) is 0 Å². The quantitative estimate of drug-likeness (QED) is 0.663. The highest BCUT2D eigenvalue weighted by atomic mass is 35.5. The fourth-order valence-corrected chi connectivity index (χ4v) is 3.42. The molecule has 0 aliphatic rings. The van der Waals surface area contributed by atoms with Gasteiger partial charge in [0.25, 0.3) is 5.91 Å².